The van der Waals surface area contributed by atoms with Gasteiger partial charge in [-0.2, -0.15) is 5.10 Å². The Morgan fingerprint density at radius 2 is 2.00 bits per heavy atom. The van der Waals surface area contributed by atoms with Gasteiger partial charge in [0.2, 0.25) is 0 Å². The number of nitrogens with zero attached hydrogens (tertiary/aromatic N) is 3. The number of fused-ring (bicyclic) bond motifs is 1. The first-order valence-corrected chi connectivity index (χ1v) is 8.35. The van der Waals surface area contributed by atoms with E-state index in [4.69, 9.17) is 5.11 Å². The molecule has 0 saturated heterocycles. The Morgan fingerprint density at radius 1 is 1.22 bits per heavy atom. The fraction of sp³-hybridized carbons (Fsp3) is 0.200. The molecule has 3 aromatic rings. The maximum Gasteiger partial charge on any atom is 0.327 e. The van der Waals surface area contributed by atoms with Crippen molar-refractivity contribution in [1.82, 2.24) is 9.78 Å². The third-order valence-electron chi connectivity index (χ3n) is 4.23. The third kappa shape index (κ3) is 4.13. The van der Waals surface area contributed by atoms with Gasteiger partial charge in [-0.1, -0.05) is 12.1 Å². The Balaban J connectivity index is 2.06. The Morgan fingerprint density at radius 3 is 2.67 bits per heavy atom. The molecule has 0 radical (unpaired) electrons. The van der Waals surface area contributed by atoms with Gasteiger partial charge in [0.25, 0.3) is 0 Å². The number of aromatic nitrogens is 2. The lowest BCUT2D eigenvalue weighted by atomic mass is 10.1. The summed E-state index contributed by atoms with van der Waals surface area (Å²) in [6.45, 7) is 0.141. The molecule has 0 aliphatic rings. The second-order valence-electron chi connectivity index (χ2n) is 6.38. The van der Waals surface area contributed by atoms with Crippen LogP contribution >= 0.6 is 0 Å². The van der Waals surface area contributed by atoms with Gasteiger partial charge >= 0.3 is 5.97 Å². The van der Waals surface area contributed by atoms with E-state index in [1.807, 2.05) is 37.2 Å². The molecule has 1 N–H and O–H groups in total. The molecule has 140 valence electrons. The highest BCUT2D eigenvalue weighted by Gasteiger charge is 2.13. The molecule has 0 bridgehead atoms. The molecule has 3 rings (SSSR count). The number of rotatable bonds is 6. The number of hydrogen-bond donors (Lipinski definition) is 1. The monoisotopic (exact) mass is 371 g/mol. The second kappa shape index (κ2) is 7.57. The molecule has 0 aliphatic carbocycles. The van der Waals surface area contributed by atoms with Gasteiger partial charge in [-0.3, -0.25) is 4.68 Å². The lowest BCUT2D eigenvalue weighted by molar-refractivity contribution is -0.131. The van der Waals surface area contributed by atoms with E-state index < -0.39 is 17.6 Å². The number of aliphatic carboxylic acids is 1. The normalized spacial score (nSPS) is 11.4. The summed E-state index contributed by atoms with van der Waals surface area (Å²) in [6, 6.07) is 9.26. The topological polar surface area (TPSA) is 58.4 Å². The molecule has 0 atom stereocenters. The third-order valence-corrected chi connectivity index (χ3v) is 4.23. The number of halogens is 2. The van der Waals surface area contributed by atoms with Gasteiger partial charge in [0, 0.05) is 49.3 Å². The lowest BCUT2D eigenvalue weighted by Gasteiger charge is -2.13. The van der Waals surface area contributed by atoms with Crippen molar-refractivity contribution in [3.05, 3.63) is 71.4 Å². The summed E-state index contributed by atoms with van der Waals surface area (Å²) >= 11 is 0. The van der Waals surface area contributed by atoms with E-state index in [0.29, 0.717) is 17.7 Å². The summed E-state index contributed by atoms with van der Waals surface area (Å²) in [4.78, 5) is 12.6. The number of hydrogen-bond acceptors (Lipinski definition) is 3. The molecule has 1 aromatic heterocycles. The number of anilines is 1. The molecule has 0 amide bonds. The molecule has 1 heterocycles. The quantitative estimate of drug-likeness (QED) is 0.673. The Kier molecular flexibility index (Phi) is 5.21. The minimum absolute atomic E-state index is 0.141. The van der Waals surface area contributed by atoms with Gasteiger partial charge in [-0.15, -0.1) is 0 Å². The summed E-state index contributed by atoms with van der Waals surface area (Å²) in [6.07, 6.45) is 2.93. The lowest BCUT2D eigenvalue weighted by Crippen LogP contribution is -2.09. The number of carboxylic acids is 1. The molecular weight excluding hydrogens is 352 g/mol. The average molecular weight is 371 g/mol. The average Bonchev–Trinajstić information content (AvgIpc) is 2.94. The molecule has 7 heteroatoms. The van der Waals surface area contributed by atoms with Crippen LogP contribution < -0.4 is 4.90 Å². The molecule has 0 aliphatic heterocycles. The summed E-state index contributed by atoms with van der Waals surface area (Å²) in [5.74, 6) is -2.28. The van der Waals surface area contributed by atoms with Crippen LogP contribution in [0.15, 0.2) is 48.6 Å². The van der Waals surface area contributed by atoms with E-state index in [1.54, 1.807) is 4.68 Å². The number of allylic oxidation sites excluding steroid dienone is 1. The fourth-order valence-corrected chi connectivity index (χ4v) is 2.86. The fourth-order valence-electron chi connectivity index (χ4n) is 2.86. The maximum atomic E-state index is 14.1. The summed E-state index contributed by atoms with van der Waals surface area (Å²) in [5, 5.41) is 14.2. The van der Waals surface area contributed by atoms with Crippen LogP contribution in [0.25, 0.3) is 10.9 Å². The zero-order valence-corrected chi connectivity index (χ0v) is 15.0. The van der Waals surface area contributed by atoms with Crippen LogP contribution in [-0.2, 0) is 17.8 Å². The van der Waals surface area contributed by atoms with Gasteiger partial charge < -0.3 is 10.0 Å². The smallest absolute Gasteiger partial charge is 0.327 e. The molecule has 5 nitrogen and oxygen atoms in total. The van der Waals surface area contributed by atoms with Crippen molar-refractivity contribution < 1.29 is 18.7 Å². The maximum absolute atomic E-state index is 14.1. The number of carboxylic acid groups (broad SMARTS) is 1. The minimum atomic E-state index is -1.03. The highest BCUT2D eigenvalue weighted by atomic mass is 19.1. The first kappa shape index (κ1) is 18.6. The summed E-state index contributed by atoms with van der Waals surface area (Å²) < 4.78 is 28.9. The molecule has 0 unspecified atom stereocenters. The molecule has 0 fully saturated rings. The van der Waals surface area contributed by atoms with E-state index in [2.05, 4.69) is 5.10 Å². The van der Waals surface area contributed by atoms with E-state index >= 15 is 0 Å². The van der Waals surface area contributed by atoms with Crippen LogP contribution in [0.2, 0.25) is 0 Å². The number of benzene rings is 2. The predicted molar refractivity (Wildman–Crippen MR) is 100.0 cm³/mol. The van der Waals surface area contributed by atoms with Crippen molar-refractivity contribution in [2.24, 2.45) is 0 Å². The van der Waals surface area contributed by atoms with Gasteiger partial charge in [0.15, 0.2) is 0 Å². The summed E-state index contributed by atoms with van der Waals surface area (Å²) in [7, 11) is 3.83. The molecule has 27 heavy (non-hydrogen) atoms. The van der Waals surface area contributed by atoms with Crippen LogP contribution in [0.4, 0.5) is 14.5 Å². The van der Waals surface area contributed by atoms with E-state index in [1.165, 1.54) is 18.2 Å². The van der Waals surface area contributed by atoms with Crippen molar-refractivity contribution in [3.8, 4) is 0 Å². The first-order chi connectivity index (χ1) is 12.8. The van der Waals surface area contributed by atoms with E-state index in [9.17, 15) is 13.6 Å². The Bertz CT molecular complexity index is 1030. The summed E-state index contributed by atoms with van der Waals surface area (Å²) in [5.41, 5.74) is 2.76. The van der Waals surface area contributed by atoms with Crippen LogP contribution in [0.5, 0.6) is 0 Å². The van der Waals surface area contributed by atoms with E-state index in [0.717, 1.165) is 28.7 Å². The van der Waals surface area contributed by atoms with Gasteiger partial charge in [0.1, 0.15) is 11.6 Å². The largest absolute Gasteiger partial charge is 0.478 e. The van der Waals surface area contributed by atoms with Crippen molar-refractivity contribution >= 4 is 22.6 Å². The van der Waals surface area contributed by atoms with Crippen molar-refractivity contribution in [1.29, 1.82) is 0 Å². The highest BCUT2D eigenvalue weighted by Crippen LogP contribution is 2.26. The Labute approximate surface area is 155 Å². The standard InChI is InChI=1S/C20H19F2N3O2/c1-24(2)15-8-9-16-18(4-3-5-20(26)27)23-25(19(16)11-15)12-13-6-7-14(21)10-17(13)22/h3,5-11H,4,12H2,1-2H3,(H,26,27). The van der Waals surface area contributed by atoms with Crippen LogP contribution in [0, 0.1) is 11.6 Å². The molecule has 0 spiro atoms. The zero-order chi connectivity index (χ0) is 19.6. The predicted octanol–water partition coefficient (Wildman–Crippen LogP) is 3.61. The molecule has 2 aromatic carbocycles. The van der Waals surface area contributed by atoms with Gasteiger partial charge in [-0.25, -0.2) is 13.6 Å². The molecular formula is C20H19F2N3O2. The SMILES string of the molecule is CN(C)c1ccc2c(CC=CC(=O)O)nn(Cc3ccc(F)cc3F)c2c1. The minimum Gasteiger partial charge on any atom is -0.478 e. The number of carbonyl (C=O) groups is 1. The molecule has 0 saturated carbocycles. The van der Waals surface area contributed by atoms with Crippen LogP contribution in [0.1, 0.15) is 11.3 Å². The highest BCUT2D eigenvalue weighted by molar-refractivity contribution is 5.86. The van der Waals surface area contributed by atoms with Crippen LogP contribution in [-0.4, -0.2) is 35.0 Å². The van der Waals surface area contributed by atoms with E-state index in [-0.39, 0.29) is 6.54 Å². The van der Waals surface area contributed by atoms with Crippen molar-refractivity contribution in [2.45, 2.75) is 13.0 Å². The zero-order valence-electron chi connectivity index (χ0n) is 15.0. The second-order valence-corrected chi connectivity index (χ2v) is 6.38. The van der Waals surface area contributed by atoms with Crippen molar-refractivity contribution in [3.63, 3.8) is 0 Å². The van der Waals surface area contributed by atoms with Crippen molar-refractivity contribution in [2.75, 3.05) is 19.0 Å². The van der Waals surface area contributed by atoms with Crippen LogP contribution in [0.3, 0.4) is 0 Å². The van der Waals surface area contributed by atoms with Gasteiger partial charge in [-0.05, 0) is 24.3 Å². The van der Waals surface area contributed by atoms with Gasteiger partial charge in [0.05, 0.1) is 17.8 Å². The Hall–Kier alpha value is -3.22. The first-order valence-electron chi connectivity index (χ1n) is 8.35.